The zero-order valence-electron chi connectivity index (χ0n) is 18.6. The number of unbranched alkanes of at least 4 members (excludes halogenated alkanes) is 2. The Morgan fingerprint density at radius 2 is 0.964 bits per heavy atom. The van der Waals surface area contributed by atoms with Gasteiger partial charge in [0.05, 0.1) is 19.8 Å². The highest BCUT2D eigenvalue weighted by Gasteiger charge is 2.26. The molecule has 28 heavy (non-hydrogen) atoms. The monoisotopic (exact) mass is 418 g/mol. The summed E-state index contributed by atoms with van der Waals surface area (Å²) in [6, 6.07) is 0. The summed E-state index contributed by atoms with van der Waals surface area (Å²) < 4.78 is 29.7. The van der Waals surface area contributed by atoms with Gasteiger partial charge >= 0.3 is 7.82 Å². The van der Waals surface area contributed by atoms with Crippen LogP contribution in [0.1, 0.15) is 129 Å². The van der Waals surface area contributed by atoms with Gasteiger partial charge in [-0.05, 0) is 19.3 Å². The van der Waals surface area contributed by atoms with Gasteiger partial charge in [-0.3, -0.25) is 13.6 Å². The SMILES string of the molecule is CCCCCOP1(=O)OCCCCCCCCCCCCCCCCCCO1. The van der Waals surface area contributed by atoms with Crippen LogP contribution in [0.5, 0.6) is 0 Å². The maximum absolute atomic E-state index is 12.9. The molecule has 0 aliphatic carbocycles. The lowest BCUT2D eigenvalue weighted by atomic mass is 10.0. The Bertz CT molecular complexity index is 350. The highest BCUT2D eigenvalue weighted by molar-refractivity contribution is 7.48. The lowest BCUT2D eigenvalue weighted by Crippen LogP contribution is -2.04. The first-order valence-corrected chi connectivity index (χ1v) is 13.8. The highest BCUT2D eigenvalue weighted by atomic mass is 31.2. The highest BCUT2D eigenvalue weighted by Crippen LogP contribution is 2.50. The second-order valence-electron chi connectivity index (χ2n) is 8.31. The zero-order valence-corrected chi connectivity index (χ0v) is 19.5. The molecule has 0 unspecified atom stereocenters. The third kappa shape index (κ3) is 16.0. The van der Waals surface area contributed by atoms with Crippen LogP contribution in [0, 0.1) is 0 Å². The van der Waals surface area contributed by atoms with Crippen LogP contribution in [0.4, 0.5) is 0 Å². The van der Waals surface area contributed by atoms with E-state index in [1.165, 1.54) is 77.0 Å². The quantitative estimate of drug-likeness (QED) is 0.331. The summed E-state index contributed by atoms with van der Waals surface area (Å²) in [5.41, 5.74) is 0. The standard InChI is InChI=1S/C23H47O4P/c1-2-3-18-21-25-28(24)26-22-19-16-14-12-10-8-6-4-5-7-9-11-13-15-17-20-23-27-28/h2-23H2,1H3. The van der Waals surface area contributed by atoms with Crippen LogP contribution >= 0.6 is 7.82 Å². The van der Waals surface area contributed by atoms with E-state index >= 15 is 0 Å². The molecule has 0 saturated carbocycles. The topological polar surface area (TPSA) is 44.8 Å². The second kappa shape index (κ2) is 19.1. The van der Waals surface area contributed by atoms with Gasteiger partial charge in [-0.15, -0.1) is 0 Å². The van der Waals surface area contributed by atoms with E-state index in [1.807, 2.05) is 0 Å². The number of rotatable bonds is 5. The molecule has 0 spiro atoms. The van der Waals surface area contributed by atoms with Crippen LogP contribution in [0.15, 0.2) is 0 Å². The first-order valence-electron chi connectivity index (χ1n) is 12.3. The van der Waals surface area contributed by atoms with Crippen molar-refractivity contribution in [3.63, 3.8) is 0 Å². The van der Waals surface area contributed by atoms with Gasteiger partial charge in [-0.25, -0.2) is 4.57 Å². The van der Waals surface area contributed by atoms with Crippen LogP contribution in [-0.2, 0) is 18.1 Å². The molecule has 0 aromatic heterocycles. The third-order valence-corrected chi connectivity index (χ3v) is 7.03. The van der Waals surface area contributed by atoms with Crippen molar-refractivity contribution in [3.05, 3.63) is 0 Å². The molecule has 0 bridgehead atoms. The van der Waals surface area contributed by atoms with Crippen molar-refractivity contribution in [2.24, 2.45) is 0 Å². The molecule has 0 aromatic rings. The lowest BCUT2D eigenvalue weighted by Gasteiger charge is -2.18. The smallest absolute Gasteiger partial charge is 0.287 e. The van der Waals surface area contributed by atoms with E-state index in [4.69, 9.17) is 13.6 Å². The minimum atomic E-state index is -3.38. The van der Waals surface area contributed by atoms with Gasteiger partial charge in [0.25, 0.3) is 0 Å². The van der Waals surface area contributed by atoms with Gasteiger partial charge in [0.2, 0.25) is 0 Å². The van der Waals surface area contributed by atoms with Gasteiger partial charge in [-0.1, -0.05) is 110 Å². The molecular weight excluding hydrogens is 371 g/mol. The summed E-state index contributed by atoms with van der Waals surface area (Å²) in [6.45, 7) is 3.57. The van der Waals surface area contributed by atoms with E-state index in [1.54, 1.807) is 0 Å². The molecule has 5 heteroatoms. The third-order valence-electron chi connectivity index (χ3n) is 5.53. The summed E-state index contributed by atoms with van der Waals surface area (Å²) in [5.74, 6) is 0. The minimum absolute atomic E-state index is 0.463. The summed E-state index contributed by atoms with van der Waals surface area (Å²) in [4.78, 5) is 0. The maximum Gasteiger partial charge on any atom is 0.474 e. The van der Waals surface area contributed by atoms with Crippen LogP contribution < -0.4 is 0 Å². The molecular formula is C23H47O4P. The van der Waals surface area contributed by atoms with Crippen LogP contribution in [-0.4, -0.2) is 19.8 Å². The van der Waals surface area contributed by atoms with E-state index in [2.05, 4.69) is 6.92 Å². The molecule has 4 nitrogen and oxygen atoms in total. The summed E-state index contributed by atoms with van der Waals surface area (Å²) >= 11 is 0. The molecule has 0 N–H and O–H groups in total. The Morgan fingerprint density at radius 3 is 1.32 bits per heavy atom. The molecule has 1 saturated heterocycles. The average molecular weight is 419 g/mol. The maximum atomic E-state index is 12.9. The zero-order chi connectivity index (χ0) is 20.2. The normalized spacial score (nSPS) is 22.9. The fraction of sp³-hybridized carbons (Fsp3) is 1.00. The molecule has 168 valence electrons. The Kier molecular flexibility index (Phi) is 17.8. The molecule has 1 aliphatic heterocycles. The summed E-state index contributed by atoms with van der Waals surface area (Å²) in [6.07, 6.45) is 23.4. The number of hydrogen-bond donors (Lipinski definition) is 0. The van der Waals surface area contributed by atoms with Gasteiger partial charge in [0, 0.05) is 0 Å². The molecule has 0 amide bonds. The van der Waals surface area contributed by atoms with Crippen molar-refractivity contribution in [1.29, 1.82) is 0 Å². The Labute approximate surface area is 175 Å². The molecule has 0 aromatic carbocycles. The average Bonchev–Trinajstić information content (AvgIpc) is 2.69. The first-order chi connectivity index (χ1) is 13.8. The first kappa shape index (κ1) is 26.1. The van der Waals surface area contributed by atoms with Gasteiger partial charge in [0.15, 0.2) is 0 Å². The van der Waals surface area contributed by atoms with Crippen LogP contribution in [0.2, 0.25) is 0 Å². The molecule has 0 radical (unpaired) electrons. The predicted octanol–water partition coefficient (Wildman–Crippen LogP) is 8.59. The van der Waals surface area contributed by atoms with Gasteiger partial charge in [0.1, 0.15) is 0 Å². The lowest BCUT2D eigenvalue weighted by molar-refractivity contribution is 0.108. The fourth-order valence-corrected chi connectivity index (χ4v) is 4.95. The van der Waals surface area contributed by atoms with Crippen molar-refractivity contribution < 1.29 is 18.1 Å². The number of phosphoric acid groups is 1. The number of hydrogen-bond acceptors (Lipinski definition) is 4. The molecule has 1 heterocycles. The predicted molar refractivity (Wildman–Crippen MR) is 119 cm³/mol. The molecule has 1 fully saturated rings. The van der Waals surface area contributed by atoms with Crippen LogP contribution in [0.3, 0.4) is 0 Å². The van der Waals surface area contributed by atoms with E-state index < -0.39 is 7.82 Å². The minimum Gasteiger partial charge on any atom is -0.287 e. The Balaban J connectivity index is 2.34. The van der Waals surface area contributed by atoms with Crippen molar-refractivity contribution in [2.45, 2.75) is 129 Å². The van der Waals surface area contributed by atoms with Gasteiger partial charge in [-0.2, -0.15) is 0 Å². The van der Waals surface area contributed by atoms with E-state index in [9.17, 15) is 4.57 Å². The summed E-state index contributed by atoms with van der Waals surface area (Å²) in [7, 11) is -3.38. The fourth-order valence-electron chi connectivity index (χ4n) is 3.67. The van der Waals surface area contributed by atoms with Crippen molar-refractivity contribution in [3.8, 4) is 0 Å². The van der Waals surface area contributed by atoms with Crippen molar-refractivity contribution in [2.75, 3.05) is 19.8 Å². The second-order valence-corrected chi connectivity index (χ2v) is 9.98. The van der Waals surface area contributed by atoms with Crippen molar-refractivity contribution in [1.82, 2.24) is 0 Å². The Morgan fingerprint density at radius 1 is 0.607 bits per heavy atom. The van der Waals surface area contributed by atoms with E-state index in [0.717, 1.165) is 44.9 Å². The van der Waals surface area contributed by atoms with E-state index in [-0.39, 0.29) is 0 Å². The molecule has 1 rings (SSSR count). The van der Waals surface area contributed by atoms with Gasteiger partial charge < -0.3 is 0 Å². The largest absolute Gasteiger partial charge is 0.474 e. The molecule has 0 atom stereocenters. The molecule has 1 aliphatic rings. The Hall–Kier alpha value is 0.110. The number of phosphoric ester groups is 1. The van der Waals surface area contributed by atoms with Crippen LogP contribution in [0.25, 0.3) is 0 Å². The van der Waals surface area contributed by atoms with Crippen molar-refractivity contribution >= 4 is 7.82 Å². The summed E-state index contributed by atoms with van der Waals surface area (Å²) in [5, 5.41) is 0. The van der Waals surface area contributed by atoms with E-state index in [0.29, 0.717) is 19.8 Å².